The van der Waals surface area contributed by atoms with Gasteiger partial charge in [0.2, 0.25) is 12.2 Å². The number of carbonyl (C=O) groups excluding carboxylic acids is 2. The van der Waals surface area contributed by atoms with E-state index < -0.39 is 6.29 Å². The van der Waals surface area contributed by atoms with Crippen molar-refractivity contribution in [3.05, 3.63) is 47.9 Å². The van der Waals surface area contributed by atoms with Crippen LogP contribution in [0.1, 0.15) is 29.6 Å². The van der Waals surface area contributed by atoms with Crippen LogP contribution in [0.5, 0.6) is 0 Å². The summed E-state index contributed by atoms with van der Waals surface area (Å²) in [4.78, 5) is 27.1. The van der Waals surface area contributed by atoms with Crippen LogP contribution in [0.3, 0.4) is 0 Å². The standard InChI is InChI=1S/C24H30N2O7/c1-17(28)26-16-20(19-4-2-3-5-21(19)26)18-14-22(24(29)25-6-9-30-10-7-25)33-23(15-18)32-13-12-31-11-8-27/h2-5,14,16,18,23,27H,6-13,15H2,1H3/t18-,23+/m0/s1. The van der Waals surface area contributed by atoms with Gasteiger partial charge in [-0.3, -0.25) is 14.2 Å². The number of ether oxygens (including phenoxy) is 4. The maximum atomic E-state index is 13.2. The Bertz CT molecular complexity index is 1010. The van der Waals surface area contributed by atoms with Crippen molar-refractivity contribution >= 4 is 22.7 Å². The number of benzene rings is 1. The lowest BCUT2D eigenvalue weighted by Crippen LogP contribution is -2.43. The highest BCUT2D eigenvalue weighted by Gasteiger charge is 2.33. The second-order valence-corrected chi connectivity index (χ2v) is 8.02. The van der Waals surface area contributed by atoms with E-state index in [4.69, 9.17) is 24.1 Å². The predicted molar refractivity (Wildman–Crippen MR) is 120 cm³/mol. The quantitative estimate of drug-likeness (QED) is 0.603. The number of amides is 1. The Morgan fingerprint density at radius 2 is 1.94 bits per heavy atom. The third kappa shape index (κ3) is 5.44. The molecule has 4 rings (SSSR count). The summed E-state index contributed by atoms with van der Waals surface area (Å²) in [7, 11) is 0. The van der Waals surface area contributed by atoms with Gasteiger partial charge in [-0.25, -0.2) is 0 Å². The van der Waals surface area contributed by atoms with Crippen molar-refractivity contribution in [1.29, 1.82) is 0 Å². The van der Waals surface area contributed by atoms with E-state index in [-0.39, 0.29) is 43.3 Å². The number of hydrogen-bond acceptors (Lipinski definition) is 7. The highest BCUT2D eigenvalue weighted by Crippen LogP contribution is 2.36. The first-order valence-electron chi connectivity index (χ1n) is 11.2. The molecule has 2 aliphatic heterocycles. The lowest BCUT2D eigenvalue weighted by molar-refractivity contribution is -0.158. The molecule has 1 fully saturated rings. The maximum absolute atomic E-state index is 13.2. The first-order chi connectivity index (χ1) is 16.1. The van der Waals surface area contributed by atoms with Crippen LogP contribution in [-0.2, 0) is 23.7 Å². The van der Waals surface area contributed by atoms with Crippen LogP contribution in [0.15, 0.2) is 42.3 Å². The molecule has 0 aliphatic carbocycles. The fourth-order valence-electron chi connectivity index (χ4n) is 4.22. The number of aromatic nitrogens is 1. The Balaban J connectivity index is 1.61. The Labute approximate surface area is 192 Å². The molecule has 1 aromatic heterocycles. The topological polar surface area (TPSA) is 99.5 Å². The van der Waals surface area contributed by atoms with E-state index in [0.29, 0.717) is 39.3 Å². The molecular weight excluding hydrogens is 428 g/mol. The SMILES string of the molecule is CC(=O)n1cc([C@H]2C=C(C(=O)N3CCOCC3)O[C@@H](OCCOCCO)C2)c2ccccc21. The van der Waals surface area contributed by atoms with Gasteiger partial charge in [-0.1, -0.05) is 18.2 Å². The lowest BCUT2D eigenvalue weighted by atomic mass is 9.92. The molecule has 178 valence electrons. The molecular formula is C24H30N2O7. The van der Waals surface area contributed by atoms with Crippen molar-refractivity contribution in [2.75, 3.05) is 52.7 Å². The smallest absolute Gasteiger partial charge is 0.288 e. The summed E-state index contributed by atoms with van der Waals surface area (Å²) in [6.45, 7) is 4.31. The zero-order valence-electron chi connectivity index (χ0n) is 18.8. The minimum absolute atomic E-state index is 0.0524. The van der Waals surface area contributed by atoms with E-state index in [1.807, 2.05) is 36.5 Å². The van der Waals surface area contributed by atoms with Crippen molar-refractivity contribution in [3.8, 4) is 0 Å². The molecule has 0 unspecified atom stereocenters. The van der Waals surface area contributed by atoms with Crippen LogP contribution in [0.25, 0.3) is 10.9 Å². The van der Waals surface area contributed by atoms with Gasteiger partial charge in [-0.05, 0) is 17.7 Å². The van der Waals surface area contributed by atoms with Crippen LogP contribution in [0, 0.1) is 0 Å². The molecule has 2 atom stereocenters. The molecule has 1 N–H and O–H groups in total. The first kappa shape index (κ1) is 23.4. The number of aliphatic hydroxyl groups is 1. The second-order valence-electron chi connectivity index (χ2n) is 8.02. The molecule has 33 heavy (non-hydrogen) atoms. The number of carbonyl (C=O) groups is 2. The highest BCUT2D eigenvalue weighted by molar-refractivity contribution is 5.95. The molecule has 2 aromatic rings. The summed E-state index contributed by atoms with van der Waals surface area (Å²) in [6.07, 6.45) is 3.53. The van der Waals surface area contributed by atoms with E-state index in [1.54, 1.807) is 9.47 Å². The number of para-hydroxylation sites is 1. The second kappa shape index (κ2) is 10.9. The monoisotopic (exact) mass is 458 g/mol. The molecule has 0 spiro atoms. The number of rotatable bonds is 8. The van der Waals surface area contributed by atoms with Crippen LogP contribution in [0.4, 0.5) is 0 Å². The molecule has 9 heteroatoms. The summed E-state index contributed by atoms with van der Waals surface area (Å²) in [5.74, 6) is -0.197. The summed E-state index contributed by atoms with van der Waals surface area (Å²) < 4.78 is 24.1. The van der Waals surface area contributed by atoms with Crippen molar-refractivity contribution in [2.24, 2.45) is 0 Å². The van der Waals surface area contributed by atoms with Gasteiger partial charge in [0.25, 0.3) is 5.91 Å². The molecule has 2 aliphatic rings. The van der Waals surface area contributed by atoms with Gasteiger partial charge in [0, 0.05) is 43.9 Å². The average molecular weight is 459 g/mol. The minimum Gasteiger partial charge on any atom is -0.459 e. The summed E-state index contributed by atoms with van der Waals surface area (Å²) >= 11 is 0. The molecule has 1 saturated heterocycles. The fourth-order valence-corrected chi connectivity index (χ4v) is 4.22. The molecule has 0 radical (unpaired) electrons. The van der Waals surface area contributed by atoms with Crippen molar-refractivity contribution < 1.29 is 33.6 Å². The molecule has 1 amide bonds. The normalized spacial score (nSPS) is 21.0. The molecule has 0 bridgehead atoms. The summed E-state index contributed by atoms with van der Waals surface area (Å²) in [5.41, 5.74) is 1.78. The van der Waals surface area contributed by atoms with E-state index in [2.05, 4.69) is 0 Å². The zero-order chi connectivity index (χ0) is 23.2. The van der Waals surface area contributed by atoms with Gasteiger partial charge in [-0.2, -0.15) is 0 Å². The van der Waals surface area contributed by atoms with Crippen LogP contribution in [-0.4, -0.2) is 85.4 Å². The van der Waals surface area contributed by atoms with Crippen molar-refractivity contribution in [3.63, 3.8) is 0 Å². The van der Waals surface area contributed by atoms with Crippen LogP contribution in [0.2, 0.25) is 0 Å². The predicted octanol–water partition coefficient (Wildman–Crippen LogP) is 1.90. The number of aliphatic hydroxyl groups excluding tert-OH is 1. The lowest BCUT2D eigenvalue weighted by Gasteiger charge is -2.33. The fraction of sp³-hybridized carbons (Fsp3) is 0.500. The van der Waals surface area contributed by atoms with Gasteiger partial charge in [0.1, 0.15) is 0 Å². The first-order valence-corrected chi connectivity index (χ1v) is 11.2. The molecule has 9 nitrogen and oxygen atoms in total. The average Bonchev–Trinajstić information content (AvgIpc) is 3.24. The van der Waals surface area contributed by atoms with Gasteiger partial charge in [-0.15, -0.1) is 0 Å². The summed E-state index contributed by atoms with van der Waals surface area (Å²) in [6, 6.07) is 7.73. The maximum Gasteiger partial charge on any atom is 0.288 e. The Kier molecular flexibility index (Phi) is 7.77. The van der Waals surface area contributed by atoms with Gasteiger partial charge < -0.3 is 29.0 Å². The summed E-state index contributed by atoms with van der Waals surface area (Å²) in [5, 5.41) is 9.80. The van der Waals surface area contributed by atoms with Crippen LogP contribution < -0.4 is 0 Å². The van der Waals surface area contributed by atoms with E-state index in [1.165, 1.54) is 6.92 Å². The van der Waals surface area contributed by atoms with Gasteiger partial charge >= 0.3 is 0 Å². The molecule has 0 saturated carbocycles. The third-order valence-electron chi connectivity index (χ3n) is 5.81. The number of hydrogen-bond donors (Lipinski definition) is 1. The number of morpholine rings is 1. The van der Waals surface area contributed by atoms with Crippen molar-refractivity contribution in [1.82, 2.24) is 9.47 Å². The Morgan fingerprint density at radius 1 is 1.15 bits per heavy atom. The van der Waals surface area contributed by atoms with Crippen LogP contribution >= 0.6 is 0 Å². The van der Waals surface area contributed by atoms with Crippen molar-refractivity contribution in [2.45, 2.75) is 25.6 Å². The third-order valence-corrected chi connectivity index (χ3v) is 5.81. The largest absolute Gasteiger partial charge is 0.459 e. The number of fused-ring (bicyclic) bond motifs is 1. The van der Waals surface area contributed by atoms with Gasteiger partial charge in [0.05, 0.1) is 45.2 Å². The number of allylic oxidation sites excluding steroid dienone is 1. The molecule has 1 aromatic carbocycles. The Morgan fingerprint density at radius 3 is 2.70 bits per heavy atom. The van der Waals surface area contributed by atoms with E-state index in [9.17, 15) is 9.59 Å². The van der Waals surface area contributed by atoms with E-state index >= 15 is 0 Å². The van der Waals surface area contributed by atoms with Gasteiger partial charge in [0.15, 0.2) is 5.76 Å². The Hall–Kier alpha value is -2.72. The minimum atomic E-state index is -0.642. The highest BCUT2D eigenvalue weighted by atomic mass is 16.7. The number of nitrogens with zero attached hydrogens (tertiary/aromatic N) is 2. The molecule has 3 heterocycles. The zero-order valence-corrected chi connectivity index (χ0v) is 18.8. The van der Waals surface area contributed by atoms with E-state index in [0.717, 1.165) is 16.5 Å².